The predicted octanol–water partition coefficient (Wildman–Crippen LogP) is 1.88. The second-order valence-electron chi connectivity index (χ2n) is 4.14. The van der Waals surface area contributed by atoms with E-state index < -0.39 is 18.1 Å². The van der Waals surface area contributed by atoms with Gasteiger partial charge in [0.15, 0.2) is 0 Å². The van der Waals surface area contributed by atoms with E-state index in [-0.39, 0.29) is 6.42 Å². The van der Waals surface area contributed by atoms with E-state index in [1.165, 1.54) is 6.92 Å². The molecule has 0 aromatic heterocycles. The van der Waals surface area contributed by atoms with E-state index in [1.807, 2.05) is 5.32 Å². The van der Waals surface area contributed by atoms with Crippen molar-refractivity contribution >= 4 is 17.8 Å². The minimum atomic E-state index is -4.89. The van der Waals surface area contributed by atoms with Gasteiger partial charge in [0.1, 0.15) is 0 Å². The van der Waals surface area contributed by atoms with Crippen LogP contribution in [0, 0.1) is 5.41 Å². The third-order valence-electron chi connectivity index (χ3n) is 2.54. The van der Waals surface area contributed by atoms with E-state index in [0.717, 1.165) is 6.21 Å². The van der Waals surface area contributed by atoms with Gasteiger partial charge in [0.25, 0.3) is 0 Å². The number of amides is 1. The van der Waals surface area contributed by atoms with E-state index in [2.05, 4.69) is 0 Å². The summed E-state index contributed by atoms with van der Waals surface area (Å²) in [6.45, 7) is 1.46. The smallest absolute Gasteiger partial charge is 0.398 e. The summed E-state index contributed by atoms with van der Waals surface area (Å²) in [7, 11) is 0. The molecule has 0 heterocycles. The molecule has 0 spiro atoms. The van der Waals surface area contributed by atoms with Crippen molar-refractivity contribution in [1.29, 1.82) is 5.41 Å². The molecular formula is C12H14F3N3O. The van der Waals surface area contributed by atoms with Crippen LogP contribution in [0.15, 0.2) is 18.2 Å². The molecule has 1 rings (SSSR count). The van der Waals surface area contributed by atoms with Crippen LogP contribution in [0.5, 0.6) is 0 Å². The largest absolute Gasteiger partial charge is 0.471 e. The highest BCUT2D eigenvalue weighted by Crippen LogP contribution is 2.18. The van der Waals surface area contributed by atoms with Gasteiger partial charge in [-0.05, 0) is 25.0 Å². The van der Waals surface area contributed by atoms with Crippen LogP contribution in [0.25, 0.3) is 0 Å². The molecule has 0 unspecified atom stereocenters. The maximum Gasteiger partial charge on any atom is 0.471 e. The molecular weight excluding hydrogens is 259 g/mol. The summed E-state index contributed by atoms with van der Waals surface area (Å²) in [5.74, 6) is -1.97. The first-order valence-electron chi connectivity index (χ1n) is 5.51. The van der Waals surface area contributed by atoms with Crippen molar-refractivity contribution in [2.24, 2.45) is 0 Å². The first-order valence-corrected chi connectivity index (χ1v) is 5.51. The molecule has 19 heavy (non-hydrogen) atoms. The van der Waals surface area contributed by atoms with Crippen molar-refractivity contribution in [2.45, 2.75) is 25.6 Å². The maximum absolute atomic E-state index is 12.1. The molecule has 1 amide bonds. The highest BCUT2D eigenvalue weighted by molar-refractivity contribution is 5.87. The van der Waals surface area contributed by atoms with Crippen molar-refractivity contribution in [3.05, 3.63) is 29.3 Å². The number of nitrogens with one attached hydrogen (secondary N) is 2. The molecule has 0 bridgehead atoms. The highest BCUT2D eigenvalue weighted by atomic mass is 19.4. The molecule has 4 N–H and O–H groups in total. The highest BCUT2D eigenvalue weighted by Gasteiger charge is 2.39. The summed E-state index contributed by atoms with van der Waals surface area (Å²) < 4.78 is 36.3. The first kappa shape index (κ1) is 15.0. The Morgan fingerprint density at radius 3 is 2.68 bits per heavy atom. The van der Waals surface area contributed by atoms with E-state index in [1.54, 1.807) is 18.2 Å². The molecule has 0 aliphatic carbocycles. The van der Waals surface area contributed by atoms with Gasteiger partial charge in [0.2, 0.25) is 0 Å². The normalized spacial score (nSPS) is 12.8. The summed E-state index contributed by atoms with van der Waals surface area (Å²) in [4.78, 5) is 10.8. The van der Waals surface area contributed by atoms with Crippen molar-refractivity contribution in [3.63, 3.8) is 0 Å². The Hall–Kier alpha value is -2.05. The fourth-order valence-corrected chi connectivity index (χ4v) is 1.67. The summed E-state index contributed by atoms with van der Waals surface area (Å²) in [5.41, 5.74) is 7.11. The van der Waals surface area contributed by atoms with E-state index in [9.17, 15) is 18.0 Å². The Kier molecular flexibility index (Phi) is 4.52. The number of anilines is 1. The molecule has 0 saturated heterocycles. The second-order valence-corrected chi connectivity index (χ2v) is 4.14. The number of hydrogen-bond donors (Lipinski definition) is 3. The van der Waals surface area contributed by atoms with Crippen LogP contribution in [0.1, 0.15) is 18.1 Å². The fourth-order valence-electron chi connectivity index (χ4n) is 1.67. The summed E-state index contributed by atoms with van der Waals surface area (Å²) in [6, 6.07) is 4.20. The molecule has 0 radical (unpaired) electrons. The van der Waals surface area contributed by atoms with Crippen molar-refractivity contribution in [3.8, 4) is 0 Å². The minimum Gasteiger partial charge on any atom is -0.398 e. The molecule has 7 heteroatoms. The lowest BCUT2D eigenvalue weighted by molar-refractivity contribution is -0.174. The average molecular weight is 273 g/mol. The maximum atomic E-state index is 12.1. The van der Waals surface area contributed by atoms with Crippen LogP contribution in [-0.4, -0.2) is 24.3 Å². The number of nitrogen functional groups attached to an aromatic ring is 1. The van der Waals surface area contributed by atoms with Crippen LogP contribution in [0.2, 0.25) is 0 Å². The zero-order valence-corrected chi connectivity index (χ0v) is 10.2. The molecule has 1 aromatic rings. The lowest BCUT2D eigenvalue weighted by Gasteiger charge is -2.17. The van der Waals surface area contributed by atoms with Gasteiger partial charge in [-0.2, -0.15) is 13.2 Å². The molecule has 0 aliphatic rings. The van der Waals surface area contributed by atoms with Gasteiger partial charge in [-0.25, -0.2) is 0 Å². The lowest BCUT2D eigenvalue weighted by Crippen LogP contribution is -2.42. The van der Waals surface area contributed by atoms with Crippen LogP contribution in [-0.2, 0) is 11.2 Å². The third kappa shape index (κ3) is 3.97. The number of benzene rings is 1. The van der Waals surface area contributed by atoms with E-state index >= 15 is 0 Å². The Bertz CT molecular complexity index is 486. The molecule has 0 aliphatic heterocycles. The zero-order valence-electron chi connectivity index (χ0n) is 10.2. The van der Waals surface area contributed by atoms with Crippen LogP contribution < -0.4 is 11.1 Å². The van der Waals surface area contributed by atoms with Gasteiger partial charge in [0, 0.05) is 23.5 Å². The molecule has 104 valence electrons. The number of carbonyl (C=O) groups excluding carboxylic acids is 1. The number of rotatable bonds is 4. The average Bonchev–Trinajstić information content (AvgIpc) is 2.27. The van der Waals surface area contributed by atoms with Gasteiger partial charge in [-0.3, -0.25) is 4.79 Å². The van der Waals surface area contributed by atoms with Crippen LogP contribution in [0.3, 0.4) is 0 Å². The molecule has 4 nitrogen and oxygen atoms in total. The molecule has 1 atom stereocenters. The predicted molar refractivity (Wildman–Crippen MR) is 66.1 cm³/mol. The summed E-state index contributed by atoms with van der Waals surface area (Å²) >= 11 is 0. The fraction of sp³-hybridized carbons (Fsp3) is 0.333. The zero-order chi connectivity index (χ0) is 14.6. The third-order valence-corrected chi connectivity index (χ3v) is 2.54. The number of hydrogen-bond acceptors (Lipinski definition) is 3. The summed E-state index contributed by atoms with van der Waals surface area (Å²) in [6.07, 6.45) is -3.69. The van der Waals surface area contributed by atoms with E-state index in [4.69, 9.17) is 11.1 Å². The number of nitrogens with two attached hydrogens (primary N) is 1. The van der Waals surface area contributed by atoms with Gasteiger partial charge in [-0.1, -0.05) is 12.1 Å². The minimum absolute atomic E-state index is 0.164. The van der Waals surface area contributed by atoms with Gasteiger partial charge >= 0.3 is 12.1 Å². The van der Waals surface area contributed by atoms with Crippen molar-refractivity contribution < 1.29 is 18.0 Å². The number of carbonyl (C=O) groups is 1. The Morgan fingerprint density at radius 1 is 1.53 bits per heavy atom. The molecule has 1 aromatic carbocycles. The monoisotopic (exact) mass is 273 g/mol. The van der Waals surface area contributed by atoms with Gasteiger partial charge in [0.05, 0.1) is 0 Å². The second kappa shape index (κ2) is 5.73. The Labute approximate surface area is 108 Å². The molecule has 0 fully saturated rings. The first-order chi connectivity index (χ1) is 8.75. The Morgan fingerprint density at radius 2 is 2.16 bits per heavy atom. The topological polar surface area (TPSA) is 79.0 Å². The quantitative estimate of drug-likeness (QED) is 0.578. The summed E-state index contributed by atoms with van der Waals surface area (Å²) in [5, 5.41) is 9.10. The Balaban J connectivity index is 2.78. The van der Waals surface area contributed by atoms with Gasteiger partial charge < -0.3 is 16.5 Å². The standard InChI is InChI=1S/C12H14F3N3O/c1-7(18-11(19)12(13,14)15)5-8-3-2-4-10(17)9(8)6-16/h2-4,6-7,16H,5,17H2,1H3,(H,18,19)/t7-/m1/s1. The lowest BCUT2D eigenvalue weighted by atomic mass is 10.00. The van der Waals surface area contributed by atoms with Crippen molar-refractivity contribution in [2.75, 3.05) is 5.73 Å². The van der Waals surface area contributed by atoms with Crippen molar-refractivity contribution in [1.82, 2.24) is 5.32 Å². The number of halogens is 3. The SMILES string of the molecule is C[C@H](Cc1cccc(N)c1C=N)NC(=O)C(F)(F)F. The van der Waals surface area contributed by atoms with Crippen LogP contribution in [0.4, 0.5) is 18.9 Å². The van der Waals surface area contributed by atoms with Gasteiger partial charge in [-0.15, -0.1) is 0 Å². The molecule has 0 saturated carbocycles. The van der Waals surface area contributed by atoms with E-state index in [0.29, 0.717) is 16.8 Å². The van der Waals surface area contributed by atoms with Crippen LogP contribution >= 0.6 is 0 Å². The number of alkyl halides is 3.